The molecule has 0 aliphatic heterocycles. The summed E-state index contributed by atoms with van der Waals surface area (Å²) in [6.07, 6.45) is 0. The predicted octanol–water partition coefficient (Wildman–Crippen LogP) is 2.05. The van der Waals surface area contributed by atoms with Crippen molar-refractivity contribution < 1.29 is 4.74 Å². The van der Waals surface area contributed by atoms with Crippen molar-refractivity contribution in [3.05, 3.63) is 34.3 Å². The highest BCUT2D eigenvalue weighted by atomic mass is 79.9. The predicted molar refractivity (Wildman–Crippen MR) is 68.6 cm³/mol. The zero-order valence-electron chi connectivity index (χ0n) is 9.64. The van der Waals surface area contributed by atoms with Gasteiger partial charge in [0.1, 0.15) is 18.2 Å². The first-order chi connectivity index (χ1) is 8.08. The monoisotopic (exact) mass is 296 g/mol. The van der Waals surface area contributed by atoms with Gasteiger partial charge in [0.05, 0.1) is 4.47 Å². The number of hydrogen-bond acceptors (Lipinski definition) is 4. The Bertz CT molecular complexity index is 538. The number of anilines is 1. The average molecular weight is 297 g/mol. The van der Waals surface area contributed by atoms with Gasteiger partial charge in [0.15, 0.2) is 5.82 Å². The van der Waals surface area contributed by atoms with E-state index in [9.17, 15) is 0 Å². The first kappa shape index (κ1) is 11.9. The van der Waals surface area contributed by atoms with Gasteiger partial charge in [-0.25, -0.2) is 0 Å². The Labute approximate surface area is 108 Å². The van der Waals surface area contributed by atoms with Crippen LogP contribution in [-0.2, 0) is 13.7 Å². The molecular weight excluding hydrogens is 284 g/mol. The molecule has 0 saturated carbocycles. The lowest BCUT2D eigenvalue weighted by Crippen LogP contribution is -2.05. The van der Waals surface area contributed by atoms with E-state index in [0.717, 1.165) is 16.1 Å². The minimum absolute atomic E-state index is 0.361. The lowest BCUT2D eigenvalue weighted by atomic mass is 10.3. The SMILES string of the molecule is Cc1nnc(COc2cc(N)ccc2Br)n1C. The van der Waals surface area contributed by atoms with Crippen molar-refractivity contribution in [1.29, 1.82) is 0 Å². The quantitative estimate of drug-likeness (QED) is 0.881. The van der Waals surface area contributed by atoms with E-state index in [2.05, 4.69) is 26.1 Å². The lowest BCUT2D eigenvalue weighted by molar-refractivity contribution is 0.289. The van der Waals surface area contributed by atoms with Gasteiger partial charge < -0.3 is 15.0 Å². The fourth-order valence-electron chi connectivity index (χ4n) is 1.35. The van der Waals surface area contributed by atoms with E-state index in [1.807, 2.05) is 30.7 Å². The minimum Gasteiger partial charge on any atom is -0.484 e. The molecule has 90 valence electrons. The van der Waals surface area contributed by atoms with Gasteiger partial charge in [-0.1, -0.05) is 0 Å². The maximum absolute atomic E-state index is 5.70. The summed E-state index contributed by atoms with van der Waals surface area (Å²) in [4.78, 5) is 0. The van der Waals surface area contributed by atoms with Crippen LogP contribution in [-0.4, -0.2) is 14.8 Å². The molecule has 5 nitrogen and oxygen atoms in total. The van der Waals surface area contributed by atoms with Gasteiger partial charge in [0.25, 0.3) is 0 Å². The second kappa shape index (κ2) is 4.75. The van der Waals surface area contributed by atoms with Crippen molar-refractivity contribution in [3.63, 3.8) is 0 Å². The molecule has 2 rings (SSSR count). The normalized spacial score (nSPS) is 10.5. The standard InChI is InChI=1S/C11H13BrN4O/c1-7-14-15-11(16(7)2)6-17-10-5-8(13)3-4-9(10)12/h3-5H,6,13H2,1-2H3. The van der Waals surface area contributed by atoms with Crippen LogP contribution in [0.3, 0.4) is 0 Å². The maximum Gasteiger partial charge on any atom is 0.170 e. The molecule has 0 fully saturated rings. The van der Waals surface area contributed by atoms with Crippen LogP contribution in [0.5, 0.6) is 5.75 Å². The van der Waals surface area contributed by atoms with E-state index in [-0.39, 0.29) is 0 Å². The van der Waals surface area contributed by atoms with E-state index in [0.29, 0.717) is 18.0 Å². The smallest absolute Gasteiger partial charge is 0.170 e. The number of ether oxygens (including phenoxy) is 1. The highest BCUT2D eigenvalue weighted by molar-refractivity contribution is 9.10. The van der Waals surface area contributed by atoms with Gasteiger partial charge in [0, 0.05) is 18.8 Å². The average Bonchev–Trinajstić information content (AvgIpc) is 2.62. The minimum atomic E-state index is 0.361. The molecule has 0 unspecified atom stereocenters. The van der Waals surface area contributed by atoms with E-state index in [4.69, 9.17) is 10.5 Å². The molecule has 0 radical (unpaired) electrons. The Hall–Kier alpha value is -1.56. The summed E-state index contributed by atoms with van der Waals surface area (Å²) in [5.41, 5.74) is 6.36. The van der Waals surface area contributed by atoms with Crippen molar-refractivity contribution >= 4 is 21.6 Å². The van der Waals surface area contributed by atoms with E-state index in [1.165, 1.54) is 0 Å². The number of aryl methyl sites for hydroxylation is 1. The number of aromatic nitrogens is 3. The number of rotatable bonds is 3. The van der Waals surface area contributed by atoms with E-state index >= 15 is 0 Å². The summed E-state index contributed by atoms with van der Waals surface area (Å²) in [7, 11) is 1.91. The van der Waals surface area contributed by atoms with E-state index < -0.39 is 0 Å². The first-order valence-corrected chi connectivity index (χ1v) is 5.90. The van der Waals surface area contributed by atoms with Crippen LogP contribution in [0, 0.1) is 6.92 Å². The van der Waals surface area contributed by atoms with Gasteiger partial charge in [-0.3, -0.25) is 0 Å². The molecule has 1 heterocycles. The van der Waals surface area contributed by atoms with Crippen LogP contribution in [0.25, 0.3) is 0 Å². The van der Waals surface area contributed by atoms with Crippen LogP contribution in [0.1, 0.15) is 11.6 Å². The Morgan fingerprint density at radius 2 is 2.18 bits per heavy atom. The summed E-state index contributed by atoms with van der Waals surface area (Å²) in [6, 6.07) is 5.43. The Morgan fingerprint density at radius 3 is 2.82 bits per heavy atom. The highest BCUT2D eigenvalue weighted by Gasteiger charge is 2.07. The second-order valence-corrected chi connectivity index (χ2v) is 4.56. The van der Waals surface area contributed by atoms with Crippen LogP contribution in [0.15, 0.2) is 22.7 Å². The van der Waals surface area contributed by atoms with Crippen LogP contribution in [0.2, 0.25) is 0 Å². The number of nitrogen functional groups attached to an aromatic ring is 1. The van der Waals surface area contributed by atoms with Crippen molar-refractivity contribution in [2.24, 2.45) is 7.05 Å². The van der Waals surface area contributed by atoms with E-state index in [1.54, 1.807) is 6.07 Å². The zero-order chi connectivity index (χ0) is 12.4. The van der Waals surface area contributed by atoms with Crippen molar-refractivity contribution in [3.8, 4) is 5.75 Å². The van der Waals surface area contributed by atoms with Gasteiger partial charge in [-0.15, -0.1) is 10.2 Å². The largest absolute Gasteiger partial charge is 0.484 e. The molecule has 1 aromatic heterocycles. The number of nitrogens with zero attached hydrogens (tertiary/aromatic N) is 3. The number of benzene rings is 1. The molecule has 2 N–H and O–H groups in total. The molecule has 1 aromatic carbocycles. The van der Waals surface area contributed by atoms with Crippen molar-refractivity contribution in [2.45, 2.75) is 13.5 Å². The van der Waals surface area contributed by atoms with Gasteiger partial charge in [-0.2, -0.15) is 0 Å². The third-order valence-electron chi connectivity index (χ3n) is 2.49. The summed E-state index contributed by atoms with van der Waals surface area (Å²) in [5.74, 6) is 2.33. The fraction of sp³-hybridized carbons (Fsp3) is 0.273. The van der Waals surface area contributed by atoms with Gasteiger partial charge in [-0.05, 0) is 35.0 Å². The highest BCUT2D eigenvalue weighted by Crippen LogP contribution is 2.27. The molecular formula is C11H13BrN4O. The van der Waals surface area contributed by atoms with Crippen LogP contribution in [0.4, 0.5) is 5.69 Å². The summed E-state index contributed by atoms with van der Waals surface area (Å²) >= 11 is 3.40. The number of nitrogens with two attached hydrogens (primary N) is 1. The summed E-state index contributed by atoms with van der Waals surface area (Å²) < 4.78 is 8.40. The molecule has 0 aliphatic rings. The number of hydrogen-bond donors (Lipinski definition) is 1. The molecule has 0 saturated heterocycles. The maximum atomic E-state index is 5.70. The summed E-state index contributed by atoms with van der Waals surface area (Å²) in [6.45, 7) is 2.26. The number of halogens is 1. The molecule has 0 amide bonds. The Morgan fingerprint density at radius 1 is 1.41 bits per heavy atom. The molecule has 17 heavy (non-hydrogen) atoms. The van der Waals surface area contributed by atoms with Crippen LogP contribution >= 0.6 is 15.9 Å². The van der Waals surface area contributed by atoms with Crippen LogP contribution < -0.4 is 10.5 Å². The molecule has 0 aliphatic carbocycles. The topological polar surface area (TPSA) is 66.0 Å². The first-order valence-electron chi connectivity index (χ1n) is 5.10. The second-order valence-electron chi connectivity index (χ2n) is 3.70. The fourth-order valence-corrected chi connectivity index (χ4v) is 1.71. The van der Waals surface area contributed by atoms with Gasteiger partial charge in [0.2, 0.25) is 0 Å². The molecule has 0 spiro atoms. The molecule has 0 bridgehead atoms. The lowest BCUT2D eigenvalue weighted by Gasteiger charge is -2.08. The third-order valence-corrected chi connectivity index (χ3v) is 3.15. The third kappa shape index (κ3) is 2.58. The molecule has 0 atom stereocenters. The molecule has 6 heteroatoms. The summed E-state index contributed by atoms with van der Waals surface area (Å²) in [5, 5.41) is 7.99. The van der Waals surface area contributed by atoms with Crippen molar-refractivity contribution in [1.82, 2.24) is 14.8 Å². The zero-order valence-corrected chi connectivity index (χ0v) is 11.2. The Balaban J connectivity index is 2.12. The van der Waals surface area contributed by atoms with Crippen molar-refractivity contribution in [2.75, 3.05) is 5.73 Å². The van der Waals surface area contributed by atoms with Gasteiger partial charge >= 0.3 is 0 Å². The molecule has 2 aromatic rings. The Kier molecular flexibility index (Phi) is 3.33.